The molecule has 6 heteroatoms. The highest BCUT2D eigenvalue weighted by molar-refractivity contribution is 5.88. The number of tetrazole rings is 1. The Bertz CT molecular complexity index is 269. The third-order valence-electron chi connectivity index (χ3n) is 1.31. The summed E-state index contributed by atoms with van der Waals surface area (Å²) in [5.41, 5.74) is 0. The first-order valence-corrected chi connectivity index (χ1v) is 3.84. The average Bonchev–Trinajstić information content (AvgIpc) is 2.52. The summed E-state index contributed by atoms with van der Waals surface area (Å²) in [7, 11) is 0. The molecule has 1 rings (SSSR count). The van der Waals surface area contributed by atoms with Gasteiger partial charge in [0.2, 0.25) is 5.91 Å². The number of anilines is 1. The summed E-state index contributed by atoms with van der Waals surface area (Å²) in [6, 6.07) is 0. The third-order valence-corrected chi connectivity index (χ3v) is 1.31. The highest BCUT2D eigenvalue weighted by atomic mass is 16.1. The van der Waals surface area contributed by atoms with Crippen LogP contribution in [0.2, 0.25) is 0 Å². The molecule has 1 aromatic rings. The van der Waals surface area contributed by atoms with Gasteiger partial charge >= 0.3 is 0 Å². The van der Waals surface area contributed by atoms with Gasteiger partial charge < -0.3 is 0 Å². The first kappa shape index (κ1) is 8.63. The largest absolute Gasteiger partial charge is 0.292 e. The van der Waals surface area contributed by atoms with Crippen LogP contribution in [-0.4, -0.2) is 26.1 Å². The first-order chi connectivity index (χ1) is 5.76. The number of aryl methyl sites for hydroxylation is 1. The SMILES string of the molecule is CCC(=O)Nc1nnn(CC)n1. The molecule has 0 fully saturated rings. The van der Waals surface area contributed by atoms with Crippen molar-refractivity contribution in [3.8, 4) is 0 Å². The van der Waals surface area contributed by atoms with E-state index in [0.717, 1.165) is 0 Å². The first-order valence-electron chi connectivity index (χ1n) is 3.84. The van der Waals surface area contributed by atoms with Crippen LogP contribution in [0.5, 0.6) is 0 Å². The van der Waals surface area contributed by atoms with E-state index < -0.39 is 0 Å². The lowest BCUT2D eigenvalue weighted by Crippen LogP contribution is -2.11. The lowest BCUT2D eigenvalue weighted by molar-refractivity contribution is -0.115. The van der Waals surface area contributed by atoms with E-state index in [4.69, 9.17) is 0 Å². The van der Waals surface area contributed by atoms with Gasteiger partial charge in [0, 0.05) is 6.42 Å². The van der Waals surface area contributed by atoms with Gasteiger partial charge in [0.1, 0.15) is 0 Å². The second kappa shape index (κ2) is 3.80. The molecule has 0 aromatic carbocycles. The second-order valence-corrected chi connectivity index (χ2v) is 2.20. The van der Waals surface area contributed by atoms with E-state index in [0.29, 0.717) is 13.0 Å². The molecule has 0 saturated heterocycles. The van der Waals surface area contributed by atoms with Gasteiger partial charge in [0.05, 0.1) is 6.54 Å². The molecule has 0 saturated carbocycles. The van der Waals surface area contributed by atoms with Crippen molar-refractivity contribution >= 4 is 11.9 Å². The topological polar surface area (TPSA) is 72.7 Å². The molecule has 0 aliphatic heterocycles. The van der Waals surface area contributed by atoms with E-state index >= 15 is 0 Å². The van der Waals surface area contributed by atoms with E-state index in [1.54, 1.807) is 6.92 Å². The summed E-state index contributed by atoms with van der Waals surface area (Å²) in [6.07, 6.45) is 0.417. The number of amides is 1. The zero-order chi connectivity index (χ0) is 8.97. The minimum absolute atomic E-state index is 0.106. The maximum Gasteiger partial charge on any atom is 0.270 e. The third kappa shape index (κ3) is 2.01. The average molecular weight is 169 g/mol. The Hall–Kier alpha value is -1.46. The number of nitrogens with one attached hydrogen (secondary N) is 1. The van der Waals surface area contributed by atoms with E-state index in [1.165, 1.54) is 4.80 Å². The van der Waals surface area contributed by atoms with Crippen molar-refractivity contribution in [1.82, 2.24) is 20.2 Å². The Morgan fingerprint density at radius 1 is 1.58 bits per heavy atom. The van der Waals surface area contributed by atoms with Crippen molar-refractivity contribution in [2.75, 3.05) is 5.32 Å². The van der Waals surface area contributed by atoms with Gasteiger partial charge in [-0.3, -0.25) is 10.1 Å². The molecule has 0 spiro atoms. The van der Waals surface area contributed by atoms with Crippen LogP contribution in [0.3, 0.4) is 0 Å². The number of hydrogen-bond donors (Lipinski definition) is 1. The summed E-state index contributed by atoms with van der Waals surface area (Å²) in [5, 5.41) is 13.7. The van der Waals surface area contributed by atoms with Gasteiger partial charge in [-0.1, -0.05) is 12.0 Å². The molecule has 1 heterocycles. The molecule has 1 N–H and O–H groups in total. The Morgan fingerprint density at radius 3 is 2.83 bits per heavy atom. The predicted octanol–water partition coefficient (Wildman–Crippen LogP) is 0.0415. The summed E-state index contributed by atoms with van der Waals surface area (Å²) in [6.45, 7) is 4.31. The predicted molar refractivity (Wildman–Crippen MR) is 42.4 cm³/mol. The molecule has 0 unspecified atom stereocenters. The monoisotopic (exact) mass is 169 g/mol. The van der Waals surface area contributed by atoms with Crippen LogP contribution < -0.4 is 5.32 Å². The quantitative estimate of drug-likeness (QED) is 0.693. The van der Waals surface area contributed by atoms with Crippen molar-refractivity contribution in [1.29, 1.82) is 0 Å². The normalized spacial score (nSPS) is 9.83. The van der Waals surface area contributed by atoms with Gasteiger partial charge in [-0.05, 0) is 12.1 Å². The summed E-state index contributed by atoms with van der Waals surface area (Å²) < 4.78 is 0. The molecule has 0 atom stereocenters. The van der Waals surface area contributed by atoms with Crippen LogP contribution in [0.15, 0.2) is 0 Å². The number of rotatable bonds is 3. The lowest BCUT2D eigenvalue weighted by Gasteiger charge is -1.93. The van der Waals surface area contributed by atoms with Crippen molar-refractivity contribution in [2.45, 2.75) is 26.8 Å². The fourth-order valence-electron chi connectivity index (χ4n) is 0.640. The molecule has 1 aromatic heterocycles. The fraction of sp³-hybridized carbons (Fsp3) is 0.667. The number of hydrogen-bond acceptors (Lipinski definition) is 4. The zero-order valence-electron chi connectivity index (χ0n) is 7.11. The summed E-state index contributed by atoms with van der Waals surface area (Å²) in [5.74, 6) is 0.161. The van der Waals surface area contributed by atoms with Crippen molar-refractivity contribution in [2.24, 2.45) is 0 Å². The molecule has 12 heavy (non-hydrogen) atoms. The molecular formula is C6H11N5O. The zero-order valence-corrected chi connectivity index (χ0v) is 7.11. The van der Waals surface area contributed by atoms with Crippen LogP contribution in [-0.2, 0) is 11.3 Å². The van der Waals surface area contributed by atoms with Crippen molar-refractivity contribution in [3.05, 3.63) is 0 Å². The summed E-state index contributed by atoms with van der Waals surface area (Å²) in [4.78, 5) is 12.3. The van der Waals surface area contributed by atoms with Crippen molar-refractivity contribution in [3.63, 3.8) is 0 Å². The Labute approximate surface area is 70.0 Å². The molecule has 1 amide bonds. The number of nitrogens with zero attached hydrogens (tertiary/aromatic N) is 4. The van der Waals surface area contributed by atoms with Gasteiger partial charge in [-0.2, -0.15) is 4.80 Å². The second-order valence-electron chi connectivity index (χ2n) is 2.20. The van der Waals surface area contributed by atoms with Gasteiger partial charge in [-0.25, -0.2) is 0 Å². The van der Waals surface area contributed by atoms with Crippen LogP contribution in [0.25, 0.3) is 0 Å². The Balaban J connectivity index is 2.58. The van der Waals surface area contributed by atoms with E-state index in [9.17, 15) is 4.79 Å². The summed E-state index contributed by atoms with van der Waals surface area (Å²) >= 11 is 0. The van der Waals surface area contributed by atoms with Gasteiger partial charge in [-0.15, -0.1) is 5.10 Å². The van der Waals surface area contributed by atoms with Gasteiger partial charge in [0.15, 0.2) is 0 Å². The molecule has 0 radical (unpaired) electrons. The fourth-order valence-corrected chi connectivity index (χ4v) is 0.640. The molecule has 0 aliphatic rings. The van der Waals surface area contributed by atoms with E-state index in [-0.39, 0.29) is 11.9 Å². The maximum absolute atomic E-state index is 10.9. The Morgan fingerprint density at radius 2 is 2.33 bits per heavy atom. The minimum atomic E-state index is -0.106. The molecule has 0 aliphatic carbocycles. The van der Waals surface area contributed by atoms with E-state index in [1.807, 2.05) is 6.92 Å². The highest BCUT2D eigenvalue weighted by Gasteiger charge is 2.03. The van der Waals surface area contributed by atoms with Crippen molar-refractivity contribution < 1.29 is 4.79 Å². The molecule has 66 valence electrons. The van der Waals surface area contributed by atoms with Gasteiger partial charge in [0.25, 0.3) is 5.95 Å². The van der Waals surface area contributed by atoms with Crippen LogP contribution in [0.1, 0.15) is 20.3 Å². The molecule has 0 bridgehead atoms. The van der Waals surface area contributed by atoms with Crippen LogP contribution in [0, 0.1) is 0 Å². The smallest absolute Gasteiger partial charge is 0.270 e. The number of carbonyl (C=O) groups excluding carboxylic acids is 1. The number of aromatic nitrogens is 4. The molecular weight excluding hydrogens is 158 g/mol. The molecule has 6 nitrogen and oxygen atoms in total. The van der Waals surface area contributed by atoms with Crippen LogP contribution in [0.4, 0.5) is 5.95 Å². The minimum Gasteiger partial charge on any atom is -0.292 e. The number of carbonyl (C=O) groups is 1. The van der Waals surface area contributed by atoms with E-state index in [2.05, 4.69) is 20.7 Å². The standard InChI is InChI=1S/C6H11N5O/c1-3-5(12)7-6-8-10-11(4-2)9-6/h3-4H2,1-2H3,(H,7,9,12). The highest BCUT2D eigenvalue weighted by Crippen LogP contribution is 1.93. The van der Waals surface area contributed by atoms with Crippen LogP contribution >= 0.6 is 0 Å². The maximum atomic E-state index is 10.9. The lowest BCUT2D eigenvalue weighted by atomic mass is 10.5. The Kier molecular flexibility index (Phi) is 2.73.